The summed E-state index contributed by atoms with van der Waals surface area (Å²) in [5, 5.41) is 14.4. The summed E-state index contributed by atoms with van der Waals surface area (Å²) in [5.74, 6) is 0. The van der Waals surface area contributed by atoms with Gasteiger partial charge in [0, 0.05) is 30.4 Å². The molecule has 0 saturated carbocycles. The number of aryl methyl sites for hydroxylation is 1. The van der Waals surface area contributed by atoms with Gasteiger partial charge in [-0.15, -0.1) is 0 Å². The van der Waals surface area contributed by atoms with Gasteiger partial charge in [0.25, 0.3) is 15.8 Å². The average molecular weight is 492 g/mol. The van der Waals surface area contributed by atoms with Crippen LogP contribution in [0.3, 0.4) is 0 Å². The topological polar surface area (TPSA) is 128 Å². The lowest BCUT2D eigenvalue weighted by Crippen LogP contribution is -2.43. The van der Waals surface area contributed by atoms with Crippen molar-refractivity contribution in [3.05, 3.63) is 57.6 Å². The summed E-state index contributed by atoms with van der Waals surface area (Å²) in [6, 6.07) is 8.85. The Kier molecular flexibility index (Phi) is 7.18. The molecular formula is C23H29N3O7S. The number of carbonyl (C=O) groups is 1. The maximum atomic E-state index is 13.3. The van der Waals surface area contributed by atoms with Crippen LogP contribution in [0.25, 0.3) is 0 Å². The van der Waals surface area contributed by atoms with E-state index in [4.69, 9.17) is 8.92 Å². The molecule has 0 fully saturated rings. The summed E-state index contributed by atoms with van der Waals surface area (Å²) in [6.45, 7) is 8.53. The molecule has 184 valence electrons. The zero-order chi connectivity index (χ0) is 25.3. The van der Waals surface area contributed by atoms with Crippen LogP contribution in [0.5, 0.6) is 0 Å². The van der Waals surface area contributed by atoms with E-state index in [0.29, 0.717) is 6.42 Å². The summed E-state index contributed by atoms with van der Waals surface area (Å²) in [7, 11) is -4.13. The molecule has 1 heterocycles. The van der Waals surface area contributed by atoms with Crippen molar-refractivity contribution in [3.8, 4) is 0 Å². The summed E-state index contributed by atoms with van der Waals surface area (Å²) in [5.41, 5.74) is 1.53. The molecule has 0 saturated heterocycles. The van der Waals surface area contributed by atoms with Gasteiger partial charge in [-0.2, -0.15) is 8.42 Å². The molecule has 0 spiro atoms. The van der Waals surface area contributed by atoms with E-state index in [1.54, 1.807) is 52.8 Å². The fraction of sp³-hybridized carbons (Fsp3) is 0.435. The highest BCUT2D eigenvalue weighted by Crippen LogP contribution is 2.33. The summed E-state index contributed by atoms with van der Waals surface area (Å²) in [4.78, 5) is 25.1. The Morgan fingerprint density at radius 1 is 1.24 bits per heavy atom. The molecule has 1 aliphatic heterocycles. The smallest absolute Gasteiger partial charge is 0.414 e. The minimum atomic E-state index is -4.13. The third kappa shape index (κ3) is 5.84. The van der Waals surface area contributed by atoms with Crippen molar-refractivity contribution in [2.45, 2.75) is 57.6 Å². The highest BCUT2D eigenvalue weighted by Gasteiger charge is 2.33. The Morgan fingerprint density at radius 3 is 2.56 bits per heavy atom. The van der Waals surface area contributed by atoms with E-state index in [9.17, 15) is 23.3 Å². The van der Waals surface area contributed by atoms with Gasteiger partial charge in [0.1, 0.15) is 10.5 Å². The molecule has 0 radical (unpaired) electrons. The van der Waals surface area contributed by atoms with E-state index in [1.807, 2.05) is 0 Å². The van der Waals surface area contributed by atoms with E-state index in [0.717, 1.165) is 16.8 Å². The zero-order valence-electron chi connectivity index (χ0n) is 19.8. The Balaban J connectivity index is 2.00. The lowest BCUT2D eigenvalue weighted by molar-refractivity contribution is -0.384. The molecule has 0 unspecified atom stereocenters. The van der Waals surface area contributed by atoms with E-state index < -0.39 is 26.7 Å². The van der Waals surface area contributed by atoms with E-state index >= 15 is 0 Å². The molecule has 2 aromatic rings. The number of nitro benzene ring substituents is 1. The van der Waals surface area contributed by atoms with Crippen LogP contribution in [0.15, 0.2) is 41.3 Å². The summed E-state index contributed by atoms with van der Waals surface area (Å²) in [6.07, 6.45) is -0.301. The number of non-ortho nitro benzene ring substituents is 1. The number of nitro groups is 1. The van der Waals surface area contributed by atoms with Crippen molar-refractivity contribution in [2.24, 2.45) is 0 Å². The van der Waals surface area contributed by atoms with Gasteiger partial charge < -0.3 is 10.1 Å². The monoisotopic (exact) mass is 491 g/mol. The molecule has 1 aliphatic rings. The number of nitrogens with one attached hydrogen (secondary N) is 1. The summed E-state index contributed by atoms with van der Waals surface area (Å²) >= 11 is 0. The predicted octanol–water partition coefficient (Wildman–Crippen LogP) is 4.41. The molecule has 2 aromatic carbocycles. The zero-order valence-corrected chi connectivity index (χ0v) is 20.6. The third-order valence-electron chi connectivity index (χ3n) is 5.09. The van der Waals surface area contributed by atoms with Crippen molar-refractivity contribution < 1.29 is 27.1 Å². The number of hydrogen-bond donors (Lipinski definition) is 1. The number of anilines is 2. The molecule has 1 atom stereocenters. The largest absolute Gasteiger partial charge is 0.443 e. The SMILES string of the molecule is CCOS(=O)(=O)c1ccc(C)cc1N(C[C@@H]1Cc2cc([N+](=O)[O-])ccc2N1)C(=O)OC(C)(C)C. The molecule has 10 nitrogen and oxygen atoms in total. The fourth-order valence-electron chi connectivity index (χ4n) is 3.73. The number of amides is 1. The number of carbonyl (C=O) groups excluding carboxylic acids is 1. The Labute approximate surface area is 199 Å². The number of hydrogen-bond acceptors (Lipinski definition) is 8. The molecular weight excluding hydrogens is 462 g/mol. The number of benzene rings is 2. The van der Waals surface area contributed by atoms with Crippen molar-refractivity contribution in [2.75, 3.05) is 23.4 Å². The standard InChI is InChI=1S/C23H29N3O7S/c1-6-32-34(30,31)21-10-7-15(2)11-20(21)25(22(27)33-23(3,4)5)14-17-12-16-13-18(26(28)29)8-9-19(16)24-17/h7-11,13,17,24H,6,12,14H2,1-5H3/t17-/m0/s1. The number of nitrogens with zero attached hydrogens (tertiary/aromatic N) is 2. The van der Waals surface area contributed by atoms with Gasteiger partial charge in [-0.1, -0.05) is 6.07 Å². The second-order valence-corrected chi connectivity index (χ2v) is 10.7. The first kappa shape index (κ1) is 25.4. The van der Waals surface area contributed by atoms with Crippen LogP contribution in [-0.2, 0) is 25.5 Å². The van der Waals surface area contributed by atoms with Gasteiger partial charge in [0.15, 0.2) is 0 Å². The predicted molar refractivity (Wildman–Crippen MR) is 128 cm³/mol. The highest BCUT2D eigenvalue weighted by molar-refractivity contribution is 7.87. The van der Waals surface area contributed by atoms with Gasteiger partial charge >= 0.3 is 6.09 Å². The van der Waals surface area contributed by atoms with Gasteiger partial charge in [-0.05, 0) is 70.4 Å². The average Bonchev–Trinajstić information content (AvgIpc) is 3.12. The quantitative estimate of drug-likeness (QED) is 0.343. The Hall–Kier alpha value is -3.18. The maximum Gasteiger partial charge on any atom is 0.414 e. The van der Waals surface area contributed by atoms with E-state index in [1.165, 1.54) is 23.1 Å². The van der Waals surface area contributed by atoms with E-state index in [2.05, 4.69) is 5.32 Å². The first-order chi connectivity index (χ1) is 15.8. The molecule has 0 bridgehead atoms. The first-order valence-electron chi connectivity index (χ1n) is 10.8. The maximum absolute atomic E-state index is 13.3. The van der Waals surface area contributed by atoms with Gasteiger partial charge in [0.2, 0.25) is 0 Å². The minimum Gasteiger partial charge on any atom is -0.443 e. The van der Waals surface area contributed by atoms with Crippen molar-refractivity contribution in [3.63, 3.8) is 0 Å². The second-order valence-electron chi connectivity index (χ2n) is 9.07. The van der Waals surface area contributed by atoms with Crippen LogP contribution in [-0.4, -0.2) is 44.2 Å². The second kappa shape index (κ2) is 9.59. The lowest BCUT2D eigenvalue weighted by atomic mass is 10.1. The highest BCUT2D eigenvalue weighted by atomic mass is 32.2. The lowest BCUT2D eigenvalue weighted by Gasteiger charge is -2.30. The molecule has 1 amide bonds. The number of ether oxygens (including phenoxy) is 1. The van der Waals surface area contributed by atoms with Crippen LogP contribution in [0.4, 0.5) is 21.9 Å². The molecule has 1 N–H and O–H groups in total. The van der Waals surface area contributed by atoms with Crippen molar-refractivity contribution in [1.82, 2.24) is 0 Å². The van der Waals surface area contributed by atoms with Crippen LogP contribution < -0.4 is 10.2 Å². The Morgan fingerprint density at radius 2 is 1.94 bits per heavy atom. The third-order valence-corrected chi connectivity index (χ3v) is 6.52. The van der Waals surface area contributed by atoms with Crippen molar-refractivity contribution >= 4 is 33.3 Å². The molecule has 0 aromatic heterocycles. The first-order valence-corrected chi connectivity index (χ1v) is 12.3. The molecule has 3 rings (SSSR count). The molecule has 34 heavy (non-hydrogen) atoms. The van der Waals surface area contributed by atoms with Gasteiger partial charge in [0.05, 0.1) is 17.2 Å². The van der Waals surface area contributed by atoms with Crippen LogP contribution >= 0.6 is 0 Å². The van der Waals surface area contributed by atoms with Gasteiger partial charge in [-0.3, -0.25) is 19.2 Å². The van der Waals surface area contributed by atoms with Crippen molar-refractivity contribution in [1.29, 1.82) is 0 Å². The van der Waals surface area contributed by atoms with Crippen LogP contribution in [0, 0.1) is 17.0 Å². The number of fused-ring (bicyclic) bond motifs is 1. The van der Waals surface area contributed by atoms with Crippen LogP contribution in [0.1, 0.15) is 38.8 Å². The molecule has 11 heteroatoms. The Bertz CT molecular complexity index is 1210. The summed E-state index contributed by atoms with van der Waals surface area (Å²) < 4.78 is 36.2. The minimum absolute atomic E-state index is 0.0195. The van der Waals surface area contributed by atoms with Crippen LogP contribution in [0.2, 0.25) is 0 Å². The van der Waals surface area contributed by atoms with Gasteiger partial charge in [-0.25, -0.2) is 4.79 Å². The molecule has 0 aliphatic carbocycles. The fourth-order valence-corrected chi connectivity index (χ4v) is 4.82. The normalized spacial score (nSPS) is 15.4. The number of rotatable bonds is 7. The van der Waals surface area contributed by atoms with E-state index in [-0.39, 0.29) is 35.5 Å².